The molecule has 1 amide bonds. The summed E-state index contributed by atoms with van der Waals surface area (Å²) in [5.74, 6) is 0.571. The predicted octanol–water partition coefficient (Wildman–Crippen LogP) is 2.16. The van der Waals surface area contributed by atoms with Crippen LogP contribution in [0.15, 0.2) is 48.7 Å². The van der Waals surface area contributed by atoms with Crippen LogP contribution in [0.2, 0.25) is 0 Å². The van der Waals surface area contributed by atoms with Crippen molar-refractivity contribution in [3.05, 3.63) is 69.9 Å². The Kier molecular flexibility index (Phi) is 6.11. The number of morpholine rings is 1. The average molecular weight is 368 g/mol. The summed E-state index contributed by atoms with van der Waals surface area (Å²) in [6, 6.07) is 9.88. The Morgan fingerprint density at radius 2 is 2.11 bits per heavy atom. The monoisotopic (exact) mass is 368 g/mol. The van der Waals surface area contributed by atoms with E-state index >= 15 is 0 Å². The van der Waals surface area contributed by atoms with E-state index in [1.807, 2.05) is 12.1 Å². The quantitative estimate of drug-likeness (QED) is 0.477. The lowest BCUT2D eigenvalue weighted by Gasteiger charge is -2.29. The molecule has 0 unspecified atom stereocenters. The number of rotatable bonds is 6. The summed E-state index contributed by atoms with van der Waals surface area (Å²) < 4.78 is 5.37. The molecule has 1 saturated heterocycles. The number of pyridine rings is 1. The van der Waals surface area contributed by atoms with Crippen LogP contribution in [0.3, 0.4) is 0 Å². The molecule has 1 aromatic carbocycles. The Morgan fingerprint density at radius 1 is 1.30 bits per heavy atom. The molecule has 8 nitrogen and oxygen atoms in total. The van der Waals surface area contributed by atoms with E-state index < -0.39 is 4.92 Å². The molecule has 0 aliphatic carbocycles. The molecular weight excluding hydrogens is 348 g/mol. The highest BCUT2D eigenvalue weighted by Gasteiger charge is 2.15. The Bertz CT molecular complexity index is 847. The van der Waals surface area contributed by atoms with Crippen LogP contribution >= 0.6 is 0 Å². The molecule has 140 valence electrons. The second kappa shape index (κ2) is 8.91. The van der Waals surface area contributed by atoms with Crippen LogP contribution in [0.5, 0.6) is 0 Å². The lowest BCUT2D eigenvalue weighted by Crippen LogP contribution is -2.37. The van der Waals surface area contributed by atoms with Gasteiger partial charge >= 0.3 is 0 Å². The van der Waals surface area contributed by atoms with Gasteiger partial charge in [-0.05, 0) is 17.7 Å². The topological polar surface area (TPSA) is 97.6 Å². The summed E-state index contributed by atoms with van der Waals surface area (Å²) >= 11 is 0. The third-order valence-electron chi connectivity index (χ3n) is 4.14. The number of hydrogen-bond acceptors (Lipinski definition) is 6. The van der Waals surface area contributed by atoms with Crippen LogP contribution in [-0.2, 0) is 16.1 Å². The molecule has 1 aliphatic rings. The molecule has 2 heterocycles. The first-order valence-corrected chi connectivity index (χ1v) is 8.60. The maximum absolute atomic E-state index is 12.1. The average Bonchev–Trinajstić information content (AvgIpc) is 2.72. The van der Waals surface area contributed by atoms with E-state index in [2.05, 4.69) is 15.2 Å². The van der Waals surface area contributed by atoms with Crippen molar-refractivity contribution >= 4 is 23.5 Å². The number of carbonyl (C=O) groups is 1. The number of amides is 1. The number of carbonyl (C=O) groups excluding carboxylic acids is 1. The highest BCUT2D eigenvalue weighted by molar-refractivity contribution is 5.91. The van der Waals surface area contributed by atoms with Gasteiger partial charge in [-0.25, -0.2) is 4.98 Å². The van der Waals surface area contributed by atoms with Crippen LogP contribution in [0.4, 0.5) is 11.5 Å². The molecular formula is C19H20N4O4. The van der Waals surface area contributed by atoms with E-state index in [0.717, 1.165) is 24.5 Å². The first-order chi connectivity index (χ1) is 13.1. The molecule has 0 radical (unpaired) electrons. The maximum Gasteiger partial charge on any atom is 0.270 e. The number of nitrogens with one attached hydrogen (secondary N) is 1. The van der Waals surface area contributed by atoms with Gasteiger partial charge in [0.25, 0.3) is 5.69 Å². The number of benzene rings is 1. The molecule has 0 saturated carbocycles. The Labute approximate surface area is 156 Å². The minimum absolute atomic E-state index is 0.0110. The van der Waals surface area contributed by atoms with Gasteiger partial charge in [-0.3, -0.25) is 14.9 Å². The van der Waals surface area contributed by atoms with Gasteiger partial charge < -0.3 is 15.0 Å². The van der Waals surface area contributed by atoms with Gasteiger partial charge in [0.15, 0.2) is 0 Å². The van der Waals surface area contributed by atoms with Crippen molar-refractivity contribution in [1.29, 1.82) is 0 Å². The minimum Gasteiger partial charge on any atom is -0.378 e. The molecule has 3 rings (SSSR count). The number of aromatic nitrogens is 1. The number of nitro groups is 1. The van der Waals surface area contributed by atoms with Crippen LogP contribution in [0, 0.1) is 10.1 Å². The normalized spacial score (nSPS) is 14.3. The fraction of sp³-hybridized carbons (Fsp3) is 0.263. The van der Waals surface area contributed by atoms with E-state index in [9.17, 15) is 14.9 Å². The van der Waals surface area contributed by atoms with Gasteiger partial charge in [0, 0.05) is 49.6 Å². The van der Waals surface area contributed by atoms with Gasteiger partial charge in [0.1, 0.15) is 5.82 Å². The number of anilines is 1. The Hall–Kier alpha value is -3.26. The molecule has 1 aliphatic heterocycles. The van der Waals surface area contributed by atoms with E-state index in [0.29, 0.717) is 25.3 Å². The summed E-state index contributed by atoms with van der Waals surface area (Å²) in [6.45, 7) is 3.20. The highest BCUT2D eigenvalue weighted by atomic mass is 16.6. The van der Waals surface area contributed by atoms with E-state index in [1.165, 1.54) is 18.2 Å². The molecule has 27 heavy (non-hydrogen) atoms. The number of hydrogen-bond donors (Lipinski definition) is 1. The molecule has 0 spiro atoms. The molecule has 2 aromatic rings. The van der Waals surface area contributed by atoms with Crippen molar-refractivity contribution in [1.82, 2.24) is 10.3 Å². The summed E-state index contributed by atoms with van der Waals surface area (Å²) in [6.07, 6.45) is 4.65. The van der Waals surface area contributed by atoms with Crippen molar-refractivity contribution in [2.75, 3.05) is 31.2 Å². The van der Waals surface area contributed by atoms with Crippen molar-refractivity contribution < 1.29 is 14.5 Å². The first-order valence-electron chi connectivity index (χ1n) is 8.60. The standard InChI is InChI=1S/C19H20N4O4/c24-18(7-6-15-3-1-5-17(13-15)23(25)26)21-14-16-4-2-8-20-19(16)22-9-11-27-12-10-22/h1-8,13H,9-12,14H2,(H,21,24)/b7-6+. The number of nitro benzene ring substituents is 1. The van der Waals surface area contributed by atoms with E-state index in [1.54, 1.807) is 24.4 Å². The third kappa shape index (κ3) is 5.11. The Morgan fingerprint density at radius 3 is 2.89 bits per heavy atom. The third-order valence-corrected chi connectivity index (χ3v) is 4.14. The van der Waals surface area contributed by atoms with Gasteiger partial charge in [0.05, 0.1) is 18.1 Å². The van der Waals surface area contributed by atoms with Crippen molar-refractivity contribution in [3.8, 4) is 0 Å². The molecule has 1 aromatic heterocycles. The lowest BCUT2D eigenvalue weighted by molar-refractivity contribution is -0.384. The zero-order chi connectivity index (χ0) is 19.1. The zero-order valence-electron chi connectivity index (χ0n) is 14.7. The number of nitrogens with zero attached hydrogens (tertiary/aromatic N) is 3. The molecule has 8 heteroatoms. The second-order valence-electron chi connectivity index (χ2n) is 5.99. The molecule has 1 N–H and O–H groups in total. The SMILES string of the molecule is O=C(/C=C/c1cccc([N+](=O)[O-])c1)NCc1cccnc1N1CCOCC1. The Balaban J connectivity index is 1.61. The van der Waals surface area contributed by atoms with Gasteiger partial charge in [-0.15, -0.1) is 0 Å². The number of non-ortho nitro benzene ring substituents is 1. The minimum atomic E-state index is -0.465. The fourth-order valence-corrected chi connectivity index (χ4v) is 2.78. The predicted molar refractivity (Wildman–Crippen MR) is 101 cm³/mol. The lowest BCUT2D eigenvalue weighted by atomic mass is 10.2. The molecule has 0 bridgehead atoms. The maximum atomic E-state index is 12.1. The van der Waals surface area contributed by atoms with Gasteiger partial charge in [-0.2, -0.15) is 0 Å². The van der Waals surface area contributed by atoms with Crippen LogP contribution in [-0.4, -0.2) is 42.1 Å². The van der Waals surface area contributed by atoms with Gasteiger partial charge in [0.2, 0.25) is 5.91 Å². The molecule has 0 atom stereocenters. The second-order valence-corrected chi connectivity index (χ2v) is 5.99. The highest BCUT2D eigenvalue weighted by Crippen LogP contribution is 2.18. The summed E-state index contributed by atoms with van der Waals surface area (Å²) in [5, 5.41) is 13.6. The smallest absolute Gasteiger partial charge is 0.270 e. The molecule has 1 fully saturated rings. The van der Waals surface area contributed by atoms with Crippen molar-refractivity contribution in [2.45, 2.75) is 6.54 Å². The summed E-state index contributed by atoms with van der Waals surface area (Å²) in [4.78, 5) is 29.0. The van der Waals surface area contributed by atoms with Crippen LogP contribution < -0.4 is 10.2 Å². The summed E-state index contributed by atoms with van der Waals surface area (Å²) in [5.41, 5.74) is 1.51. The van der Waals surface area contributed by atoms with E-state index in [-0.39, 0.29) is 11.6 Å². The van der Waals surface area contributed by atoms with Crippen LogP contribution in [0.1, 0.15) is 11.1 Å². The summed E-state index contributed by atoms with van der Waals surface area (Å²) in [7, 11) is 0. The van der Waals surface area contributed by atoms with Gasteiger partial charge in [-0.1, -0.05) is 18.2 Å². The van der Waals surface area contributed by atoms with Crippen molar-refractivity contribution in [2.24, 2.45) is 0 Å². The van der Waals surface area contributed by atoms with Crippen LogP contribution in [0.25, 0.3) is 6.08 Å². The van der Waals surface area contributed by atoms with E-state index in [4.69, 9.17) is 4.74 Å². The largest absolute Gasteiger partial charge is 0.378 e. The number of ether oxygens (including phenoxy) is 1. The first kappa shape index (κ1) is 18.5. The fourth-order valence-electron chi connectivity index (χ4n) is 2.78. The zero-order valence-corrected chi connectivity index (χ0v) is 14.7. The van der Waals surface area contributed by atoms with Crippen molar-refractivity contribution in [3.63, 3.8) is 0 Å².